The molecule has 0 aliphatic carbocycles. The Hall–Kier alpha value is -2.21. The van der Waals surface area contributed by atoms with Gasteiger partial charge in [0.25, 0.3) is 11.5 Å². The van der Waals surface area contributed by atoms with Gasteiger partial charge in [-0.3, -0.25) is 9.59 Å². The first-order valence-corrected chi connectivity index (χ1v) is 9.04. The molecule has 1 heterocycles. The predicted octanol–water partition coefficient (Wildman–Crippen LogP) is 2.74. The second kappa shape index (κ2) is 9.93. The van der Waals surface area contributed by atoms with Gasteiger partial charge in [0.2, 0.25) is 0 Å². The lowest BCUT2D eigenvalue weighted by atomic mass is 10.1. The molecule has 2 rings (SSSR count). The van der Waals surface area contributed by atoms with E-state index in [0.29, 0.717) is 42.8 Å². The van der Waals surface area contributed by atoms with Crippen LogP contribution in [0.1, 0.15) is 50.0 Å². The van der Waals surface area contributed by atoms with Crippen LogP contribution in [0.2, 0.25) is 0 Å². The van der Waals surface area contributed by atoms with Gasteiger partial charge in [-0.15, -0.1) is 0 Å². The Morgan fingerprint density at radius 1 is 1.16 bits per heavy atom. The highest BCUT2D eigenvalue weighted by molar-refractivity contribution is 6.04. The van der Waals surface area contributed by atoms with E-state index in [1.54, 1.807) is 12.1 Å². The van der Waals surface area contributed by atoms with E-state index >= 15 is 0 Å². The molecular weight excluding hydrogens is 318 g/mol. The molecule has 0 spiro atoms. The third-order valence-electron chi connectivity index (χ3n) is 4.01. The number of aryl methyl sites for hydroxylation is 1. The molecule has 6 nitrogen and oxygen atoms in total. The normalized spacial score (nSPS) is 11.0. The largest absolute Gasteiger partial charge is 0.382 e. The predicted molar refractivity (Wildman–Crippen MR) is 99.0 cm³/mol. The van der Waals surface area contributed by atoms with Crippen molar-refractivity contribution < 1.29 is 9.53 Å². The Balaban J connectivity index is 2.23. The van der Waals surface area contributed by atoms with Crippen LogP contribution in [0.3, 0.4) is 0 Å². The first-order chi connectivity index (χ1) is 12.2. The summed E-state index contributed by atoms with van der Waals surface area (Å²) in [5.74, 6) is -0.253. The monoisotopic (exact) mass is 345 g/mol. The molecule has 6 heteroatoms. The molecule has 0 unspecified atom stereocenters. The second-order valence-corrected chi connectivity index (χ2v) is 5.94. The maximum absolute atomic E-state index is 12.6. The zero-order valence-electron chi connectivity index (χ0n) is 15.1. The van der Waals surface area contributed by atoms with Crippen LogP contribution in [0.25, 0.3) is 10.8 Å². The number of carbonyl (C=O) groups excluding carboxylic acids is 1. The lowest BCUT2D eigenvalue weighted by molar-refractivity contribution is 0.0938. The Kier molecular flexibility index (Phi) is 7.60. The highest BCUT2D eigenvalue weighted by atomic mass is 16.5. The number of rotatable bonds is 10. The first kappa shape index (κ1) is 19.1. The molecule has 0 fully saturated rings. The van der Waals surface area contributed by atoms with Crippen molar-refractivity contribution in [1.29, 1.82) is 0 Å². The minimum absolute atomic E-state index is 0.139. The van der Waals surface area contributed by atoms with Gasteiger partial charge in [0.15, 0.2) is 5.69 Å². The lowest BCUT2D eigenvalue weighted by Gasteiger charge is -2.11. The van der Waals surface area contributed by atoms with Gasteiger partial charge in [0.05, 0.1) is 5.39 Å². The SMILES string of the molecule is CCCCCn1nc(C(=O)NCCCOCC)c2ccccc2c1=O. The number of unbranched alkanes of at least 4 members (excludes halogenated alkanes) is 2. The number of ether oxygens (including phenoxy) is 1. The van der Waals surface area contributed by atoms with E-state index < -0.39 is 0 Å². The smallest absolute Gasteiger partial charge is 0.274 e. The summed E-state index contributed by atoms with van der Waals surface area (Å²) in [6.45, 7) is 6.38. The van der Waals surface area contributed by atoms with Crippen LogP contribution in [0.4, 0.5) is 0 Å². The van der Waals surface area contributed by atoms with Crippen LogP contribution < -0.4 is 10.9 Å². The summed E-state index contributed by atoms with van der Waals surface area (Å²) >= 11 is 0. The van der Waals surface area contributed by atoms with Crippen LogP contribution >= 0.6 is 0 Å². The summed E-state index contributed by atoms with van der Waals surface area (Å²) in [5, 5.41) is 8.35. The van der Waals surface area contributed by atoms with E-state index in [0.717, 1.165) is 25.7 Å². The van der Waals surface area contributed by atoms with Crippen molar-refractivity contribution in [2.24, 2.45) is 0 Å². The molecule has 136 valence electrons. The molecule has 2 aromatic rings. The van der Waals surface area contributed by atoms with Crippen molar-refractivity contribution in [3.05, 3.63) is 40.3 Å². The summed E-state index contributed by atoms with van der Waals surface area (Å²) in [7, 11) is 0. The van der Waals surface area contributed by atoms with Crippen molar-refractivity contribution in [3.63, 3.8) is 0 Å². The van der Waals surface area contributed by atoms with Crippen LogP contribution in [-0.4, -0.2) is 35.4 Å². The van der Waals surface area contributed by atoms with Gasteiger partial charge in [-0.05, 0) is 25.8 Å². The van der Waals surface area contributed by atoms with E-state index in [2.05, 4.69) is 17.3 Å². The van der Waals surface area contributed by atoms with Gasteiger partial charge in [-0.2, -0.15) is 5.10 Å². The van der Waals surface area contributed by atoms with Gasteiger partial charge < -0.3 is 10.1 Å². The summed E-state index contributed by atoms with van der Waals surface area (Å²) in [5.41, 5.74) is 0.169. The molecule has 25 heavy (non-hydrogen) atoms. The average Bonchev–Trinajstić information content (AvgIpc) is 2.63. The van der Waals surface area contributed by atoms with Gasteiger partial charge in [0, 0.05) is 31.7 Å². The van der Waals surface area contributed by atoms with Gasteiger partial charge in [0.1, 0.15) is 0 Å². The van der Waals surface area contributed by atoms with Crippen LogP contribution in [-0.2, 0) is 11.3 Å². The number of benzene rings is 1. The molecule has 0 bridgehead atoms. The standard InChI is InChI=1S/C19H27N3O3/c1-3-5-8-13-22-19(24)16-11-7-6-10-15(16)17(21-22)18(23)20-12-9-14-25-4-2/h6-7,10-11H,3-5,8-9,12-14H2,1-2H3,(H,20,23). The number of carbonyl (C=O) groups is 1. The maximum atomic E-state index is 12.6. The summed E-state index contributed by atoms with van der Waals surface area (Å²) in [6, 6.07) is 7.15. The van der Waals surface area contributed by atoms with Crippen molar-refractivity contribution in [3.8, 4) is 0 Å². The fourth-order valence-corrected chi connectivity index (χ4v) is 2.67. The Morgan fingerprint density at radius 2 is 1.92 bits per heavy atom. The molecule has 0 saturated heterocycles. The Morgan fingerprint density at radius 3 is 2.64 bits per heavy atom. The van der Waals surface area contributed by atoms with E-state index in [1.807, 2.05) is 19.1 Å². The number of hydrogen-bond donors (Lipinski definition) is 1. The molecule has 0 aliphatic heterocycles. The minimum atomic E-state index is -0.253. The number of nitrogens with zero attached hydrogens (tertiary/aromatic N) is 2. The zero-order chi connectivity index (χ0) is 18.1. The van der Waals surface area contributed by atoms with Crippen molar-refractivity contribution in [1.82, 2.24) is 15.1 Å². The van der Waals surface area contributed by atoms with E-state index in [4.69, 9.17) is 4.74 Å². The molecule has 1 amide bonds. The van der Waals surface area contributed by atoms with Crippen LogP contribution in [0.15, 0.2) is 29.1 Å². The molecule has 1 N–H and O–H groups in total. The first-order valence-electron chi connectivity index (χ1n) is 9.04. The summed E-state index contributed by atoms with van der Waals surface area (Å²) in [6.07, 6.45) is 3.71. The van der Waals surface area contributed by atoms with Gasteiger partial charge in [-0.25, -0.2) is 4.68 Å². The fraction of sp³-hybridized carbons (Fsp3) is 0.526. The quantitative estimate of drug-likeness (QED) is 0.672. The molecular formula is C19H27N3O3. The van der Waals surface area contributed by atoms with Crippen LogP contribution in [0.5, 0.6) is 0 Å². The zero-order valence-corrected chi connectivity index (χ0v) is 15.1. The van der Waals surface area contributed by atoms with E-state index in [9.17, 15) is 9.59 Å². The molecule has 1 aromatic heterocycles. The minimum Gasteiger partial charge on any atom is -0.382 e. The summed E-state index contributed by atoms with van der Waals surface area (Å²) in [4.78, 5) is 25.1. The molecule has 0 aliphatic rings. The molecule has 0 atom stereocenters. The van der Waals surface area contributed by atoms with Crippen molar-refractivity contribution in [2.45, 2.75) is 46.1 Å². The van der Waals surface area contributed by atoms with Crippen molar-refractivity contribution in [2.75, 3.05) is 19.8 Å². The number of amides is 1. The average molecular weight is 345 g/mol. The van der Waals surface area contributed by atoms with Gasteiger partial charge in [-0.1, -0.05) is 38.0 Å². The molecule has 0 saturated carbocycles. The second-order valence-electron chi connectivity index (χ2n) is 5.94. The topological polar surface area (TPSA) is 73.2 Å². The van der Waals surface area contributed by atoms with Gasteiger partial charge >= 0.3 is 0 Å². The third-order valence-corrected chi connectivity index (χ3v) is 4.01. The molecule has 1 aromatic carbocycles. The fourth-order valence-electron chi connectivity index (χ4n) is 2.67. The number of fused-ring (bicyclic) bond motifs is 1. The van der Waals surface area contributed by atoms with E-state index in [1.165, 1.54) is 4.68 Å². The third kappa shape index (κ3) is 5.13. The van der Waals surface area contributed by atoms with Crippen molar-refractivity contribution >= 4 is 16.7 Å². The molecule has 0 radical (unpaired) electrons. The number of hydrogen-bond acceptors (Lipinski definition) is 4. The lowest BCUT2D eigenvalue weighted by Crippen LogP contribution is -2.31. The highest BCUT2D eigenvalue weighted by Gasteiger charge is 2.16. The Bertz CT molecular complexity index is 755. The summed E-state index contributed by atoms with van der Waals surface area (Å²) < 4.78 is 6.69. The maximum Gasteiger partial charge on any atom is 0.274 e. The Labute approximate surface area is 148 Å². The number of aromatic nitrogens is 2. The highest BCUT2D eigenvalue weighted by Crippen LogP contribution is 2.13. The van der Waals surface area contributed by atoms with Crippen LogP contribution in [0, 0.1) is 0 Å². The number of nitrogens with one attached hydrogen (secondary N) is 1. The van der Waals surface area contributed by atoms with E-state index in [-0.39, 0.29) is 11.5 Å².